The second kappa shape index (κ2) is 3.68. The number of nitrogen functional groups attached to an aromatic ring is 1. The average molecular weight is 208 g/mol. The highest BCUT2D eigenvalue weighted by Crippen LogP contribution is 2.38. The van der Waals surface area contributed by atoms with Crippen molar-refractivity contribution in [3.05, 3.63) is 12.1 Å². The molecule has 14 heavy (non-hydrogen) atoms. The molecule has 1 aliphatic heterocycles. The van der Waals surface area contributed by atoms with E-state index >= 15 is 0 Å². The van der Waals surface area contributed by atoms with Gasteiger partial charge in [0.15, 0.2) is 11.5 Å². The van der Waals surface area contributed by atoms with Gasteiger partial charge in [-0.25, -0.2) is 0 Å². The van der Waals surface area contributed by atoms with Gasteiger partial charge in [-0.3, -0.25) is 0 Å². The molecule has 0 fully saturated rings. The van der Waals surface area contributed by atoms with Crippen molar-refractivity contribution in [3.8, 4) is 16.9 Å². The summed E-state index contributed by atoms with van der Waals surface area (Å²) in [5.41, 5.74) is 6.27. The molecule has 0 atom stereocenters. The molecule has 0 saturated heterocycles. The lowest BCUT2D eigenvalue weighted by Gasteiger charge is -2.19. The van der Waals surface area contributed by atoms with Crippen LogP contribution in [0.15, 0.2) is 17.0 Å². The van der Waals surface area contributed by atoms with Gasteiger partial charge in [0, 0.05) is 17.0 Å². The Morgan fingerprint density at radius 1 is 1.29 bits per heavy atom. The van der Waals surface area contributed by atoms with Gasteiger partial charge in [0.2, 0.25) is 0 Å². The lowest BCUT2D eigenvalue weighted by Crippen LogP contribution is -2.15. The van der Waals surface area contributed by atoms with E-state index in [2.05, 4.69) is 0 Å². The minimum absolute atomic E-state index is 0.535. The summed E-state index contributed by atoms with van der Waals surface area (Å²) in [5, 5.41) is 10.5. The second-order valence-corrected chi connectivity index (χ2v) is 3.55. The Balaban J connectivity index is 2.41. The van der Waals surface area contributed by atoms with Crippen LogP contribution in [-0.2, 0) is 0 Å². The minimum atomic E-state index is 0.535. The van der Waals surface area contributed by atoms with E-state index in [1.165, 1.54) is 0 Å². The number of ether oxygens (including phenoxy) is 2. The monoisotopic (exact) mass is 208 g/mol. The first-order chi connectivity index (χ1) is 6.81. The molecule has 1 aromatic carbocycles. The van der Waals surface area contributed by atoms with Gasteiger partial charge in [-0.1, -0.05) is 0 Å². The van der Waals surface area contributed by atoms with Crippen LogP contribution in [0, 0.1) is 10.7 Å². The third-order valence-corrected chi connectivity index (χ3v) is 2.49. The smallest absolute Gasteiger partial charge is 0.163 e. The Morgan fingerprint density at radius 3 is 2.57 bits per heavy atom. The first-order valence-electron chi connectivity index (χ1n) is 4.06. The number of rotatable bonds is 1. The van der Waals surface area contributed by atoms with Crippen molar-refractivity contribution in [2.45, 2.75) is 4.90 Å². The highest BCUT2D eigenvalue weighted by Gasteiger charge is 2.14. The third-order valence-electron chi connectivity index (χ3n) is 1.83. The molecular weight excluding hydrogens is 200 g/mol. The summed E-state index contributed by atoms with van der Waals surface area (Å²) in [7, 11) is 0. The van der Waals surface area contributed by atoms with Crippen molar-refractivity contribution in [1.29, 1.82) is 5.26 Å². The van der Waals surface area contributed by atoms with Crippen LogP contribution < -0.4 is 15.2 Å². The van der Waals surface area contributed by atoms with Gasteiger partial charge in [-0.2, -0.15) is 5.26 Å². The molecule has 0 radical (unpaired) electrons. The lowest BCUT2D eigenvalue weighted by atomic mass is 10.2. The average Bonchev–Trinajstić information content (AvgIpc) is 2.19. The van der Waals surface area contributed by atoms with Crippen molar-refractivity contribution in [2.75, 3.05) is 18.9 Å². The number of hydrogen-bond acceptors (Lipinski definition) is 5. The number of benzene rings is 1. The second-order valence-electron chi connectivity index (χ2n) is 2.73. The number of nitrogens with two attached hydrogens (primary N) is 1. The highest BCUT2D eigenvalue weighted by atomic mass is 32.2. The lowest BCUT2D eigenvalue weighted by molar-refractivity contribution is 0.171. The number of thioether (sulfide) groups is 1. The summed E-state index contributed by atoms with van der Waals surface area (Å²) in [5.74, 6) is 1.30. The number of thiocyanates is 1. The molecule has 1 aromatic rings. The summed E-state index contributed by atoms with van der Waals surface area (Å²) in [6.07, 6.45) is 0. The topological polar surface area (TPSA) is 68.3 Å². The standard InChI is InChI=1S/C9H8N2O2S/c10-5-14-9-4-8-7(3-6(9)11)12-1-2-13-8/h3-4H,1-2,11H2. The number of fused-ring (bicyclic) bond motifs is 1. The zero-order chi connectivity index (χ0) is 9.97. The van der Waals surface area contributed by atoms with Gasteiger partial charge in [0.25, 0.3) is 0 Å². The highest BCUT2D eigenvalue weighted by molar-refractivity contribution is 8.03. The fourth-order valence-corrected chi connectivity index (χ4v) is 1.66. The maximum atomic E-state index is 8.53. The molecule has 0 aromatic heterocycles. The van der Waals surface area contributed by atoms with Crippen molar-refractivity contribution >= 4 is 17.4 Å². The summed E-state index contributed by atoms with van der Waals surface area (Å²) in [6, 6.07) is 3.42. The van der Waals surface area contributed by atoms with Gasteiger partial charge < -0.3 is 15.2 Å². The van der Waals surface area contributed by atoms with Crippen molar-refractivity contribution in [3.63, 3.8) is 0 Å². The van der Waals surface area contributed by atoms with Crippen molar-refractivity contribution in [1.82, 2.24) is 0 Å². The van der Waals surface area contributed by atoms with E-state index in [4.69, 9.17) is 20.5 Å². The maximum Gasteiger partial charge on any atom is 0.163 e. The third kappa shape index (κ3) is 1.56. The minimum Gasteiger partial charge on any atom is -0.486 e. The van der Waals surface area contributed by atoms with E-state index in [0.717, 1.165) is 11.8 Å². The van der Waals surface area contributed by atoms with Crippen LogP contribution in [0.3, 0.4) is 0 Å². The van der Waals surface area contributed by atoms with Crippen molar-refractivity contribution < 1.29 is 9.47 Å². The van der Waals surface area contributed by atoms with Crippen LogP contribution >= 0.6 is 11.8 Å². The fraction of sp³-hybridized carbons (Fsp3) is 0.222. The normalized spacial score (nSPS) is 13.4. The molecule has 0 bridgehead atoms. The number of hydrogen-bond donors (Lipinski definition) is 1. The van der Waals surface area contributed by atoms with Gasteiger partial charge in [-0.15, -0.1) is 0 Å². The molecule has 1 aliphatic rings. The van der Waals surface area contributed by atoms with E-state index in [1.54, 1.807) is 12.1 Å². The molecule has 0 unspecified atom stereocenters. The first kappa shape index (κ1) is 9.03. The molecular formula is C9H8N2O2S. The number of nitrogens with zero attached hydrogens (tertiary/aromatic N) is 1. The van der Waals surface area contributed by atoms with Crippen LogP contribution in [-0.4, -0.2) is 13.2 Å². The Bertz CT molecular complexity index is 401. The molecule has 0 aliphatic carbocycles. The fourth-order valence-electron chi connectivity index (χ4n) is 1.22. The van der Waals surface area contributed by atoms with Crippen LogP contribution in [0.5, 0.6) is 11.5 Å². The molecule has 0 amide bonds. The van der Waals surface area contributed by atoms with Gasteiger partial charge in [0.1, 0.15) is 18.6 Å². The SMILES string of the molecule is N#CSc1cc2c(cc1N)OCCO2. The van der Waals surface area contributed by atoms with E-state index in [0.29, 0.717) is 35.3 Å². The molecule has 0 saturated carbocycles. The van der Waals surface area contributed by atoms with Gasteiger partial charge >= 0.3 is 0 Å². The summed E-state index contributed by atoms with van der Waals surface area (Å²) in [6.45, 7) is 1.07. The van der Waals surface area contributed by atoms with Crippen molar-refractivity contribution in [2.24, 2.45) is 0 Å². The summed E-state index contributed by atoms with van der Waals surface area (Å²) in [4.78, 5) is 0.705. The Morgan fingerprint density at radius 2 is 1.93 bits per heavy atom. The molecule has 5 heteroatoms. The Labute approximate surface area is 85.6 Å². The molecule has 2 rings (SSSR count). The van der Waals surface area contributed by atoms with Crippen LogP contribution in [0.4, 0.5) is 5.69 Å². The number of nitriles is 1. The Hall–Kier alpha value is -1.54. The van der Waals surface area contributed by atoms with E-state index in [9.17, 15) is 0 Å². The summed E-state index contributed by atoms with van der Waals surface area (Å²) < 4.78 is 10.7. The molecule has 2 N–H and O–H groups in total. The predicted octanol–water partition coefficient (Wildman–Crippen LogP) is 1.61. The van der Waals surface area contributed by atoms with Gasteiger partial charge in [-0.05, 0) is 11.8 Å². The molecule has 1 heterocycles. The first-order valence-corrected chi connectivity index (χ1v) is 4.88. The van der Waals surface area contributed by atoms with Crippen LogP contribution in [0.2, 0.25) is 0 Å². The van der Waals surface area contributed by atoms with E-state index in [-0.39, 0.29) is 0 Å². The van der Waals surface area contributed by atoms with Gasteiger partial charge in [0.05, 0.1) is 5.69 Å². The molecule has 4 nitrogen and oxygen atoms in total. The van der Waals surface area contributed by atoms with E-state index < -0.39 is 0 Å². The quantitative estimate of drug-likeness (QED) is 0.431. The van der Waals surface area contributed by atoms with E-state index in [1.807, 2.05) is 5.40 Å². The molecule has 0 spiro atoms. The zero-order valence-corrected chi connectivity index (χ0v) is 8.13. The molecule has 72 valence electrons. The Kier molecular flexibility index (Phi) is 2.37. The van der Waals surface area contributed by atoms with Crippen LogP contribution in [0.25, 0.3) is 0 Å². The largest absolute Gasteiger partial charge is 0.486 e. The van der Waals surface area contributed by atoms with Crippen LogP contribution in [0.1, 0.15) is 0 Å². The summed E-state index contributed by atoms with van der Waals surface area (Å²) >= 11 is 1.02. The maximum absolute atomic E-state index is 8.53. The number of anilines is 1. The zero-order valence-electron chi connectivity index (χ0n) is 7.32. The predicted molar refractivity (Wildman–Crippen MR) is 53.3 cm³/mol.